The molecule has 0 fully saturated rings. The van der Waals surface area contributed by atoms with E-state index in [1.54, 1.807) is 41.5 Å². The highest BCUT2D eigenvalue weighted by atomic mass is 16.6. The number of alkyl carbamates (subject to hydrolysis) is 1. The van der Waals surface area contributed by atoms with Crippen LogP contribution in [0.3, 0.4) is 0 Å². The lowest BCUT2D eigenvalue weighted by Crippen LogP contribution is -2.34. The first kappa shape index (κ1) is 22.2. The Hall–Kier alpha value is -2.84. The molecule has 0 aliphatic carbocycles. The Bertz CT molecular complexity index is 703. The van der Waals surface area contributed by atoms with E-state index in [0.29, 0.717) is 0 Å². The number of hydrogen-bond donors (Lipinski definition) is 1. The molecule has 0 aliphatic heterocycles. The fourth-order valence-corrected chi connectivity index (χ4v) is 1.89. The Morgan fingerprint density at radius 2 is 1.67 bits per heavy atom. The number of esters is 1. The van der Waals surface area contributed by atoms with Gasteiger partial charge in [-0.3, -0.25) is 10.1 Å². The van der Waals surface area contributed by atoms with Crippen LogP contribution in [0.2, 0.25) is 0 Å². The van der Waals surface area contributed by atoms with Crippen LogP contribution < -0.4 is 10.1 Å². The second-order valence-electron chi connectivity index (χ2n) is 7.72. The molecule has 1 aromatic carbocycles. The number of hydrogen-bond acceptors (Lipinski definition) is 7. The number of nitrogens with zero attached hydrogens (tertiary/aromatic N) is 1. The largest absolute Gasteiger partial charge is 0.491 e. The van der Waals surface area contributed by atoms with Gasteiger partial charge in [0, 0.05) is 0 Å². The lowest BCUT2D eigenvalue weighted by molar-refractivity contribution is -0.385. The van der Waals surface area contributed by atoms with Crippen molar-refractivity contribution in [3.05, 3.63) is 33.9 Å². The van der Waals surface area contributed by atoms with Gasteiger partial charge in [-0.25, -0.2) is 9.59 Å². The molecule has 0 aliphatic rings. The molecule has 9 heteroatoms. The molecule has 0 saturated carbocycles. The molecule has 150 valence electrons. The van der Waals surface area contributed by atoms with E-state index in [0.717, 1.165) is 6.07 Å². The van der Waals surface area contributed by atoms with Crippen LogP contribution in [0.4, 0.5) is 10.5 Å². The number of rotatable bonds is 6. The summed E-state index contributed by atoms with van der Waals surface area (Å²) in [4.78, 5) is 34.2. The Morgan fingerprint density at radius 1 is 1.07 bits per heavy atom. The molecule has 1 aromatic rings. The van der Waals surface area contributed by atoms with Crippen LogP contribution in [0.25, 0.3) is 0 Å². The molecule has 9 nitrogen and oxygen atoms in total. The number of amides is 1. The lowest BCUT2D eigenvalue weighted by Gasteiger charge is -2.20. The van der Waals surface area contributed by atoms with Crippen molar-refractivity contribution >= 4 is 17.7 Å². The van der Waals surface area contributed by atoms with E-state index in [1.165, 1.54) is 12.1 Å². The summed E-state index contributed by atoms with van der Waals surface area (Å²) in [7, 11) is 0. The van der Waals surface area contributed by atoms with E-state index in [1.807, 2.05) is 0 Å². The molecule has 1 amide bonds. The molecular formula is C18H26N2O7. The van der Waals surface area contributed by atoms with E-state index >= 15 is 0 Å². The summed E-state index contributed by atoms with van der Waals surface area (Å²) in [5, 5.41) is 13.8. The Morgan fingerprint density at radius 3 is 2.19 bits per heavy atom. The minimum absolute atomic E-state index is 0.0716. The van der Waals surface area contributed by atoms with Crippen molar-refractivity contribution in [2.45, 2.75) is 52.7 Å². The summed E-state index contributed by atoms with van der Waals surface area (Å²) >= 11 is 0. The molecule has 27 heavy (non-hydrogen) atoms. The molecule has 0 aromatic heterocycles. The van der Waals surface area contributed by atoms with E-state index in [9.17, 15) is 19.7 Å². The fourth-order valence-electron chi connectivity index (χ4n) is 1.89. The van der Waals surface area contributed by atoms with Gasteiger partial charge in [0.25, 0.3) is 5.69 Å². The van der Waals surface area contributed by atoms with Crippen molar-refractivity contribution in [2.75, 3.05) is 13.2 Å². The molecule has 0 atom stereocenters. The molecule has 0 saturated heterocycles. The van der Waals surface area contributed by atoms with Gasteiger partial charge in [0.2, 0.25) is 0 Å². The molecular weight excluding hydrogens is 356 g/mol. The van der Waals surface area contributed by atoms with Crippen molar-refractivity contribution < 1.29 is 28.7 Å². The van der Waals surface area contributed by atoms with E-state index in [4.69, 9.17) is 14.2 Å². The average Bonchev–Trinajstić information content (AvgIpc) is 2.47. The van der Waals surface area contributed by atoms with Gasteiger partial charge in [0.1, 0.15) is 29.1 Å². The van der Waals surface area contributed by atoms with Crippen LogP contribution in [0.15, 0.2) is 18.2 Å². The zero-order valence-corrected chi connectivity index (χ0v) is 16.5. The van der Waals surface area contributed by atoms with E-state index in [-0.39, 0.29) is 24.5 Å². The SMILES string of the molecule is CC(C)(C)OC(=O)NCCOc1ccc(C(=O)OC(C)(C)C)c([N+](=O)[O-])c1. The number of ether oxygens (including phenoxy) is 3. The van der Waals surface area contributed by atoms with Gasteiger partial charge in [-0.15, -0.1) is 0 Å². The van der Waals surface area contributed by atoms with Crippen LogP contribution >= 0.6 is 0 Å². The van der Waals surface area contributed by atoms with Crippen LogP contribution in [0.5, 0.6) is 5.75 Å². The third kappa shape index (κ3) is 8.39. The number of carbonyl (C=O) groups is 2. The smallest absolute Gasteiger partial charge is 0.407 e. The highest BCUT2D eigenvalue weighted by Crippen LogP contribution is 2.26. The number of nitro benzene ring substituents is 1. The lowest BCUT2D eigenvalue weighted by atomic mass is 10.1. The standard InChI is InChI=1S/C18H26N2O7/c1-17(2,3)26-15(21)13-8-7-12(11-14(13)20(23)24)25-10-9-19-16(22)27-18(4,5)6/h7-8,11H,9-10H2,1-6H3,(H,19,22). The molecule has 1 rings (SSSR count). The summed E-state index contributed by atoms with van der Waals surface area (Å²) in [5.41, 5.74) is -1.95. The quantitative estimate of drug-likeness (QED) is 0.346. The second kappa shape index (κ2) is 8.70. The molecule has 0 bridgehead atoms. The average molecular weight is 382 g/mol. The first-order valence-electron chi connectivity index (χ1n) is 8.40. The van der Waals surface area contributed by atoms with Gasteiger partial charge in [-0.2, -0.15) is 0 Å². The van der Waals surface area contributed by atoms with Crippen molar-refractivity contribution in [1.29, 1.82) is 0 Å². The van der Waals surface area contributed by atoms with Gasteiger partial charge in [0.05, 0.1) is 17.5 Å². The molecule has 0 heterocycles. The Labute approximate surface area is 158 Å². The maximum absolute atomic E-state index is 12.1. The molecule has 0 unspecified atom stereocenters. The molecule has 0 spiro atoms. The van der Waals surface area contributed by atoms with Gasteiger partial charge >= 0.3 is 12.1 Å². The summed E-state index contributed by atoms with van der Waals surface area (Å²) in [5.74, 6) is -0.590. The maximum atomic E-state index is 12.1. The highest BCUT2D eigenvalue weighted by Gasteiger charge is 2.26. The summed E-state index contributed by atoms with van der Waals surface area (Å²) in [6.45, 7) is 10.5. The normalized spacial score (nSPS) is 11.5. The zero-order chi connectivity index (χ0) is 20.8. The van der Waals surface area contributed by atoms with Crippen molar-refractivity contribution in [1.82, 2.24) is 5.32 Å². The van der Waals surface area contributed by atoms with Gasteiger partial charge in [-0.05, 0) is 53.7 Å². The van der Waals surface area contributed by atoms with Crippen LogP contribution in [0.1, 0.15) is 51.9 Å². The maximum Gasteiger partial charge on any atom is 0.407 e. The first-order chi connectivity index (χ1) is 12.3. The summed E-state index contributed by atoms with van der Waals surface area (Å²) in [6.07, 6.45) is -0.586. The van der Waals surface area contributed by atoms with Crippen LogP contribution in [0, 0.1) is 10.1 Å². The Kier molecular flexibility index (Phi) is 7.15. The van der Waals surface area contributed by atoms with Crippen LogP contribution in [-0.2, 0) is 9.47 Å². The number of benzene rings is 1. The Balaban J connectivity index is 2.71. The van der Waals surface area contributed by atoms with E-state index < -0.39 is 33.9 Å². The van der Waals surface area contributed by atoms with E-state index in [2.05, 4.69) is 5.32 Å². The van der Waals surface area contributed by atoms with Crippen molar-refractivity contribution in [2.24, 2.45) is 0 Å². The number of carbonyl (C=O) groups excluding carboxylic acids is 2. The topological polar surface area (TPSA) is 117 Å². The first-order valence-corrected chi connectivity index (χ1v) is 8.40. The van der Waals surface area contributed by atoms with Gasteiger partial charge < -0.3 is 19.5 Å². The summed E-state index contributed by atoms with van der Waals surface area (Å²) < 4.78 is 15.6. The highest BCUT2D eigenvalue weighted by molar-refractivity contribution is 5.94. The second-order valence-corrected chi connectivity index (χ2v) is 7.72. The monoisotopic (exact) mass is 382 g/mol. The van der Waals surface area contributed by atoms with Crippen molar-refractivity contribution in [3.63, 3.8) is 0 Å². The van der Waals surface area contributed by atoms with Gasteiger partial charge in [0.15, 0.2) is 0 Å². The molecule has 0 radical (unpaired) electrons. The minimum Gasteiger partial charge on any atom is -0.491 e. The third-order valence-electron chi connectivity index (χ3n) is 2.82. The third-order valence-corrected chi connectivity index (χ3v) is 2.82. The van der Waals surface area contributed by atoms with Gasteiger partial charge in [-0.1, -0.05) is 0 Å². The zero-order valence-electron chi connectivity index (χ0n) is 16.5. The summed E-state index contributed by atoms with van der Waals surface area (Å²) in [6, 6.07) is 3.86. The van der Waals surface area contributed by atoms with Crippen molar-refractivity contribution in [3.8, 4) is 5.75 Å². The predicted molar refractivity (Wildman–Crippen MR) is 98.0 cm³/mol. The number of nitrogens with one attached hydrogen (secondary N) is 1. The predicted octanol–water partition coefficient (Wildman–Crippen LogP) is 3.45. The fraction of sp³-hybridized carbons (Fsp3) is 0.556. The minimum atomic E-state index is -0.785. The molecule has 1 N–H and O–H groups in total. The number of nitro groups is 1. The van der Waals surface area contributed by atoms with Crippen LogP contribution in [-0.4, -0.2) is 41.3 Å².